The lowest BCUT2D eigenvalue weighted by Gasteiger charge is -2.29. The number of ether oxygens (including phenoxy) is 1. The lowest BCUT2D eigenvalue weighted by molar-refractivity contribution is -0.187. The normalized spacial score (nSPS) is 17.0. The van der Waals surface area contributed by atoms with Gasteiger partial charge in [-0.2, -0.15) is 8.78 Å². The molecule has 0 atom stereocenters. The lowest BCUT2D eigenvalue weighted by Crippen LogP contribution is -2.24. The van der Waals surface area contributed by atoms with Crippen LogP contribution in [0.1, 0.15) is 87.8 Å². The number of halogens is 7. The van der Waals surface area contributed by atoms with Crippen molar-refractivity contribution in [2.24, 2.45) is 5.92 Å². The first-order valence-corrected chi connectivity index (χ1v) is 16.1. The summed E-state index contributed by atoms with van der Waals surface area (Å²) < 4.78 is 109. The Kier molecular flexibility index (Phi) is 10.8. The zero-order chi connectivity index (χ0) is 33.7. The van der Waals surface area contributed by atoms with E-state index in [9.17, 15) is 8.78 Å². The Morgan fingerprint density at radius 3 is 1.96 bits per heavy atom. The predicted molar refractivity (Wildman–Crippen MR) is 172 cm³/mol. The van der Waals surface area contributed by atoms with Gasteiger partial charge in [0.15, 0.2) is 0 Å². The van der Waals surface area contributed by atoms with Crippen molar-refractivity contribution in [3.8, 4) is 28.0 Å². The van der Waals surface area contributed by atoms with Crippen LogP contribution in [-0.4, -0.2) is 0 Å². The predicted octanol–water partition coefficient (Wildman–Crippen LogP) is 12.7. The van der Waals surface area contributed by atoms with E-state index < -0.39 is 46.5 Å². The Labute approximate surface area is 271 Å². The molecule has 47 heavy (non-hydrogen) atoms. The van der Waals surface area contributed by atoms with Gasteiger partial charge in [-0.3, -0.25) is 0 Å². The van der Waals surface area contributed by atoms with Gasteiger partial charge in [-0.15, -0.1) is 0 Å². The molecule has 1 aliphatic carbocycles. The van der Waals surface area contributed by atoms with Gasteiger partial charge in [0.25, 0.3) is 0 Å². The third-order valence-electron chi connectivity index (χ3n) is 9.03. The van der Waals surface area contributed by atoms with E-state index in [2.05, 4.69) is 6.92 Å². The van der Waals surface area contributed by atoms with Crippen molar-refractivity contribution in [1.82, 2.24) is 0 Å². The summed E-state index contributed by atoms with van der Waals surface area (Å²) in [4.78, 5) is 0. The molecule has 248 valence electrons. The van der Waals surface area contributed by atoms with E-state index in [4.69, 9.17) is 4.74 Å². The third kappa shape index (κ3) is 7.91. The van der Waals surface area contributed by atoms with Gasteiger partial charge in [-0.25, -0.2) is 22.0 Å². The Balaban J connectivity index is 1.28. The van der Waals surface area contributed by atoms with Gasteiger partial charge in [0.1, 0.15) is 34.8 Å². The second-order valence-corrected chi connectivity index (χ2v) is 12.3. The molecule has 0 unspecified atom stereocenters. The molecule has 1 fully saturated rings. The van der Waals surface area contributed by atoms with Crippen LogP contribution in [0.2, 0.25) is 0 Å². The van der Waals surface area contributed by atoms with Gasteiger partial charge < -0.3 is 4.74 Å². The fourth-order valence-electron chi connectivity index (χ4n) is 6.47. The van der Waals surface area contributed by atoms with E-state index in [0.29, 0.717) is 17.5 Å². The average Bonchev–Trinajstić information content (AvgIpc) is 3.03. The van der Waals surface area contributed by atoms with Gasteiger partial charge in [0, 0.05) is 22.8 Å². The maximum absolute atomic E-state index is 15.1. The van der Waals surface area contributed by atoms with E-state index in [-0.39, 0.29) is 33.7 Å². The number of benzene rings is 4. The Morgan fingerprint density at radius 2 is 1.34 bits per heavy atom. The van der Waals surface area contributed by atoms with Crippen molar-refractivity contribution < 1.29 is 35.5 Å². The van der Waals surface area contributed by atoms with Crippen LogP contribution in [0.3, 0.4) is 0 Å². The molecule has 0 spiro atoms. The second kappa shape index (κ2) is 14.8. The summed E-state index contributed by atoms with van der Waals surface area (Å²) in [5.74, 6) is -4.47. The summed E-state index contributed by atoms with van der Waals surface area (Å²) in [7, 11) is 0. The zero-order valence-corrected chi connectivity index (χ0v) is 26.4. The molecule has 0 heterocycles. The molecular formula is C39H37F7O. The van der Waals surface area contributed by atoms with Crippen LogP contribution in [0.5, 0.6) is 5.75 Å². The maximum atomic E-state index is 15.1. The zero-order valence-electron chi connectivity index (χ0n) is 26.4. The number of alkyl halides is 2. The first kappa shape index (κ1) is 34.3. The van der Waals surface area contributed by atoms with Crippen LogP contribution < -0.4 is 4.74 Å². The molecule has 8 heteroatoms. The molecule has 0 saturated heterocycles. The minimum absolute atomic E-state index is 0.0470. The highest BCUT2D eigenvalue weighted by molar-refractivity contribution is 5.72. The smallest absolute Gasteiger partial charge is 0.429 e. The highest BCUT2D eigenvalue weighted by atomic mass is 19.3. The number of unbranched alkanes of at least 4 members (excludes halogenated alkanes) is 2. The molecule has 0 amide bonds. The molecule has 5 rings (SSSR count). The number of allylic oxidation sites excluding steroid dienone is 1. The van der Waals surface area contributed by atoms with Gasteiger partial charge in [-0.1, -0.05) is 63.0 Å². The molecule has 0 N–H and O–H groups in total. The Hall–Kier alpha value is -4.07. The summed E-state index contributed by atoms with van der Waals surface area (Å²) in [6, 6.07) is 12.2. The SMILES string of the molecule is C/C=C/c1c(F)cc(-c2ccc(-c3ccc(OC(F)(F)c4ccc(C5CCC(CCCCC)CC5)cc4F)cc3F)cc2F)cc1F. The monoisotopic (exact) mass is 654 g/mol. The van der Waals surface area contributed by atoms with Crippen molar-refractivity contribution in [2.75, 3.05) is 0 Å². The van der Waals surface area contributed by atoms with Gasteiger partial charge in [-0.05, 0) is 104 Å². The summed E-state index contributed by atoms with van der Waals surface area (Å²) in [6.07, 6.45) is 7.30. The fraction of sp³-hybridized carbons (Fsp3) is 0.333. The number of rotatable bonds is 11. The van der Waals surface area contributed by atoms with Crippen LogP contribution in [0.15, 0.2) is 72.8 Å². The molecular weight excluding hydrogens is 617 g/mol. The van der Waals surface area contributed by atoms with Crippen molar-refractivity contribution in [2.45, 2.75) is 77.2 Å². The van der Waals surface area contributed by atoms with E-state index >= 15 is 22.0 Å². The Bertz CT molecular complexity index is 1710. The molecule has 4 aromatic carbocycles. The average molecular weight is 655 g/mol. The van der Waals surface area contributed by atoms with Crippen molar-refractivity contribution in [1.29, 1.82) is 0 Å². The molecule has 1 nitrogen and oxygen atoms in total. The van der Waals surface area contributed by atoms with Crippen molar-refractivity contribution in [3.05, 3.63) is 119 Å². The van der Waals surface area contributed by atoms with Crippen LogP contribution in [-0.2, 0) is 6.11 Å². The fourth-order valence-corrected chi connectivity index (χ4v) is 6.47. The molecule has 0 radical (unpaired) electrons. The third-order valence-corrected chi connectivity index (χ3v) is 9.03. The van der Waals surface area contributed by atoms with Crippen LogP contribution in [0, 0.1) is 35.0 Å². The topological polar surface area (TPSA) is 9.23 Å². The maximum Gasteiger partial charge on any atom is 0.429 e. The van der Waals surface area contributed by atoms with Crippen LogP contribution in [0.4, 0.5) is 30.7 Å². The first-order valence-electron chi connectivity index (χ1n) is 16.1. The van der Waals surface area contributed by atoms with E-state index in [1.165, 1.54) is 56.0 Å². The minimum atomic E-state index is -4.09. The molecule has 0 aliphatic heterocycles. The minimum Gasteiger partial charge on any atom is -0.429 e. The van der Waals surface area contributed by atoms with E-state index in [1.807, 2.05) is 0 Å². The quantitative estimate of drug-likeness (QED) is 0.116. The standard InChI is InChI=1S/C39H37F7O/c1-3-5-6-8-24-9-11-25(12-10-24)26-14-18-33(38(44)19-26)39(45,46)47-29-15-17-30(37(43)23-29)27-13-16-31(34(40)20-27)28-21-35(41)32(7-4-2)36(42)22-28/h4,7,13-25H,3,5-6,8-12H2,1-2H3/b7-4+. The van der Waals surface area contributed by atoms with E-state index in [1.54, 1.807) is 6.92 Å². The highest BCUT2D eigenvalue weighted by Crippen LogP contribution is 2.41. The molecule has 4 aromatic rings. The molecule has 1 aliphatic rings. The number of hydrogen-bond donors (Lipinski definition) is 0. The first-order chi connectivity index (χ1) is 22.5. The highest BCUT2D eigenvalue weighted by Gasteiger charge is 2.38. The summed E-state index contributed by atoms with van der Waals surface area (Å²) in [5.41, 5.74) is -0.746. The largest absolute Gasteiger partial charge is 0.429 e. The summed E-state index contributed by atoms with van der Waals surface area (Å²) in [5, 5.41) is 0. The molecule has 0 bridgehead atoms. The summed E-state index contributed by atoms with van der Waals surface area (Å²) in [6.45, 7) is 3.78. The molecule has 1 saturated carbocycles. The number of hydrogen-bond acceptors (Lipinski definition) is 1. The van der Waals surface area contributed by atoms with Crippen molar-refractivity contribution >= 4 is 6.08 Å². The van der Waals surface area contributed by atoms with Crippen LogP contribution >= 0.6 is 0 Å². The Morgan fingerprint density at radius 1 is 0.702 bits per heavy atom. The van der Waals surface area contributed by atoms with Crippen molar-refractivity contribution in [3.63, 3.8) is 0 Å². The lowest BCUT2D eigenvalue weighted by atomic mass is 9.77. The van der Waals surface area contributed by atoms with Gasteiger partial charge >= 0.3 is 6.11 Å². The van der Waals surface area contributed by atoms with E-state index in [0.717, 1.165) is 68.1 Å². The van der Waals surface area contributed by atoms with Gasteiger partial charge in [0.2, 0.25) is 0 Å². The van der Waals surface area contributed by atoms with Gasteiger partial charge in [0.05, 0.1) is 5.56 Å². The second-order valence-electron chi connectivity index (χ2n) is 12.3. The molecule has 0 aromatic heterocycles. The van der Waals surface area contributed by atoms with Crippen LogP contribution in [0.25, 0.3) is 28.3 Å². The summed E-state index contributed by atoms with van der Waals surface area (Å²) >= 11 is 0.